The average molecular weight is 518 g/mol. The standard InChI is InChI=1S/C26H32ClN3O6/c1-17(24(32)33)30(21-6-5-7-21)23(31)18-14-19(27)16-22(15-18)35-13-12-29(20-8-10-28-11-9-20)25(34)36-26(2,3)4/h8-11,14-17,21H,5-7,12-13H2,1-4H3,(H,32,33). The van der Waals surface area contributed by atoms with Crippen LogP contribution in [-0.2, 0) is 9.53 Å². The van der Waals surface area contributed by atoms with E-state index in [0.29, 0.717) is 11.4 Å². The van der Waals surface area contributed by atoms with Crippen LogP contribution >= 0.6 is 11.6 Å². The second-order valence-electron chi connectivity index (χ2n) is 9.67. The summed E-state index contributed by atoms with van der Waals surface area (Å²) in [4.78, 5) is 44.6. The zero-order valence-electron chi connectivity index (χ0n) is 20.9. The molecule has 1 saturated carbocycles. The molecule has 1 heterocycles. The van der Waals surface area contributed by atoms with Gasteiger partial charge in [-0.1, -0.05) is 11.6 Å². The van der Waals surface area contributed by atoms with Gasteiger partial charge in [-0.2, -0.15) is 0 Å². The molecule has 9 nitrogen and oxygen atoms in total. The third-order valence-corrected chi connectivity index (χ3v) is 5.99. The van der Waals surface area contributed by atoms with Gasteiger partial charge in [-0.25, -0.2) is 9.59 Å². The lowest BCUT2D eigenvalue weighted by atomic mass is 9.89. The fourth-order valence-electron chi connectivity index (χ4n) is 3.78. The Morgan fingerprint density at radius 2 is 1.83 bits per heavy atom. The Balaban J connectivity index is 1.75. The van der Waals surface area contributed by atoms with Crippen LogP contribution in [0.4, 0.5) is 10.5 Å². The van der Waals surface area contributed by atoms with Crippen LogP contribution in [0.15, 0.2) is 42.7 Å². The first kappa shape index (κ1) is 27.3. The third kappa shape index (κ3) is 7.10. The van der Waals surface area contributed by atoms with Crippen LogP contribution in [0, 0.1) is 0 Å². The van der Waals surface area contributed by atoms with E-state index in [4.69, 9.17) is 21.1 Å². The van der Waals surface area contributed by atoms with Crippen molar-refractivity contribution in [1.82, 2.24) is 9.88 Å². The maximum absolute atomic E-state index is 13.3. The van der Waals surface area contributed by atoms with Gasteiger partial charge >= 0.3 is 12.1 Å². The van der Waals surface area contributed by atoms with E-state index in [9.17, 15) is 19.5 Å². The summed E-state index contributed by atoms with van der Waals surface area (Å²) < 4.78 is 11.4. The minimum atomic E-state index is -1.06. The van der Waals surface area contributed by atoms with Gasteiger partial charge in [-0.15, -0.1) is 0 Å². The van der Waals surface area contributed by atoms with E-state index in [1.165, 1.54) is 22.8 Å². The van der Waals surface area contributed by atoms with E-state index >= 15 is 0 Å². The average Bonchev–Trinajstić information content (AvgIpc) is 2.77. The number of hydrogen-bond donors (Lipinski definition) is 1. The number of nitrogens with zero attached hydrogens (tertiary/aromatic N) is 3. The zero-order valence-corrected chi connectivity index (χ0v) is 21.7. The van der Waals surface area contributed by atoms with Crippen molar-refractivity contribution in [2.75, 3.05) is 18.1 Å². The van der Waals surface area contributed by atoms with Crippen molar-refractivity contribution in [3.05, 3.63) is 53.3 Å². The summed E-state index contributed by atoms with van der Waals surface area (Å²) in [6.07, 6.45) is 5.11. The molecular formula is C26H32ClN3O6. The van der Waals surface area contributed by atoms with E-state index in [0.717, 1.165) is 19.3 Å². The Labute approximate surface area is 216 Å². The molecular weight excluding hydrogens is 486 g/mol. The number of ether oxygens (including phenoxy) is 2. The van der Waals surface area contributed by atoms with E-state index in [1.54, 1.807) is 57.4 Å². The molecule has 1 fully saturated rings. The summed E-state index contributed by atoms with van der Waals surface area (Å²) in [6, 6.07) is 6.91. The monoisotopic (exact) mass is 517 g/mol. The molecule has 0 bridgehead atoms. The smallest absolute Gasteiger partial charge is 0.414 e. The lowest BCUT2D eigenvalue weighted by Gasteiger charge is -2.40. The zero-order chi connectivity index (χ0) is 26.5. The first-order valence-electron chi connectivity index (χ1n) is 11.9. The van der Waals surface area contributed by atoms with Crippen LogP contribution in [0.25, 0.3) is 0 Å². The number of hydrogen-bond acceptors (Lipinski definition) is 6. The Morgan fingerprint density at radius 1 is 1.17 bits per heavy atom. The number of amides is 2. The molecule has 10 heteroatoms. The largest absolute Gasteiger partial charge is 0.492 e. The highest BCUT2D eigenvalue weighted by Gasteiger charge is 2.36. The Morgan fingerprint density at radius 3 is 2.39 bits per heavy atom. The molecule has 2 aromatic rings. The SMILES string of the molecule is CC(C(=O)O)N(C(=O)c1cc(Cl)cc(OCCN(C(=O)OC(C)(C)C)c2ccncc2)c1)C1CCC1. The van der Waals surface area contributed by atoms with Gasteiger partial charge < -0.3 is 19.5 Å². The Bertz CT molecular complexity index is 1080. The Hall–Kier alpha value is -3.33. The molecule has 1 unspecified atom stereocenters. The molecule has 1 aromatic carbocycles. The molecule has 1 atom stereocenters. The fraction of sp³-hybridized carbons (Fsp3) is 0.462. The van der Waals surface area contributed by atoms with Crippen molar-refractivity contribution in [2.45, 2.75) is 64.6 Å². The van der Waals surface area contributed by atoms with E-state index < -0.39 is 29.6 Å². The van der Waals surface area contributed by atoms with Gasteiger partial charge in [0.2, 0.25) is 0 Å². The molecule has 1 aliphatic carbocycles. The summed E-state index contributed by atoms with van der Waals surface area (Å²) in [5.74, 6) is -1.14. The summed E-state index contributed by atoms with van der Waals surface area (Å²) in [5.41, 5.74) is 0.171. The van der Waals surface area contributed by atoms with Crippen LogP contribution in [-0.4, -0.2) is 63.8 Å². The minimum absolute atomic E-state index is 0.0907. The quantitative estimate of drug-likeness (QED) is 0.497. The van der Waals surface area contributed by atoms with Crippen molar-refractivity contribution in [2.24, 2.45) is 0 Å². The molecule has 0 radical (unpaired) electrons. The van der Waals surface area contributed by atoms with Crippen LogP contribution in [0.1, 0.15) is 57.3 Å². The predicted molar refractivity (Wildman–Crippen MR) is 136 cm³/mol. The molecule has 36 heavy (non-hydrogen) atoms. The topological polar surface area (TPSA) is 109 Å². The minimum Gasteiger partial charge on any atom is -0.492 e. The van der Waals surface area contributed by atoms with Gasteiger partial charge in [0.05, 0.1) is 12.2 Å². The molecule has 2 amide bonds. The number of carboxylic acids is 1. The van der Waals surface area contributed by atoms with E-state index in [-0.39, 0.29) is 29.8 Å². The van der Waals surface area contributed by atoms with Gasteiger partial charge in [0.15, 0.2) is 0 Å². The fourth-order valence-corrected chi connectivity index (χ4v) is 4.01. The molecule has 1 N–H and O–H groups in total. The van der Waals surface area contributed by atoms with Crippen molar-refractivity contribution < 1.29 is 29.0 Å². The maximum atomic E-state index is 13.3. The molecule has 3 rings (SSSR count). The van der Waals surface area contributed by atoms with E-state index in [1.807, 2.05) is 0 Å². The van der Waals surface area contributed by atoms with Crippen molar-refractivity contribution >= 4 is 35.3 Å². The normalized spacial score (nSPS) is 14.4. The van der Waals surface area contributed by atoms with Gasteiger partial charge in [-0.3, -0.25) is 14.7 Å². The second-order valence-corrected chi connectivity index (χ2v) is 10.1. The summed E-state index contributed by atoms with van der Waals surface area (Å²) in [5, 5.41) is 9.80. The van der Waals surface area contributed by atoms with Gasteiger partial charge in [0.25, 0.3) is 5.91 Å². The number of carbonyl (C=O) groups excluding carboxylic acids is 2. The number of halogens is 1. The molecule has 0 saturated heterocycles. The number of carbonyl (C=O) groups is 3. The molecule has 1 aliphatic rings. The lowest BCUT2D eigenvalue weighted by Crippen LogP contribution is -2.52. The van der Waals surface area contributed by atoms with Gasteiger partial charge in [0.1, 0.15) is 24.0 Å². The molecule has 194 valence electrons. The number of aromatic nitrogens is 1. The number of rotatable bonds is 9. The number of anilines is 1. The number of benzene rings is 1. The first-order valence-corrected chi connectivity index (χ1v) is 12.2. The summed E-state index contributed by atoms with van der Waals surface area (Å²) in [7, 11) is 0. The molecule has 1 aromatic heterocycles. The van der Waals surface area contributed by atoms with Gasteiger partial charge in [-0.05, 0) is 77.3 Å². The van der Waals surface area contributed by atoms with Gasteiger partial charge in [0, 0.05) is 29.0 Å². The van der Waals surface area contributed by atoms with Crippen molar-refractivity contribution in [3.8, 4) is 5.75 Å². The van der Waals surface area contributed by atoms with Crippen molar-refractivity contribution in [1.29, 1.82) is 0 Å². The van der Waals surface area contributed by atoms with Crippen LogP contribution in [0.5, 0.6) is 5.75 Å². The highest BCUT2D eigenvalue weighted by Crippen LogP contribution is 2.30. The summed E-state index contributed by atoms with van der Waals surface area (Å²) in [6.45, 7) is 7.12. The molecule has 0 spiro atoms. The predicted octanol–water partition coefficient (Wildman–Crippen LogP) is 5.02. The summed E-state index contributed by atoms with van der Waals surface area (Å²) >= 11 is 6.27. The lowest BCUT2D eigenvalue weighted by molar-refractivity contribution is -0.143. The van der Waals surface area contributed by atoms with Crippen molar-refractivity contribution in [3.63, 3.8) is 0 Å². The number of aliphatic carboxylic acids is 1. The number of carboxylic acid groups (broad SMARTS) is 1. The van der Waals surface area contributed by atoms with Crippen LogP contribution in [0.2, 0.25) is 5.02 Å². The second kappa shape index (κ2) is 11.6. The third-order valence-electron chi connectivity index (χ3n) is 5.77. The number of pyridine rings is 1. The highest BCUT2D eigenvalue weighted by atomic mass is 35.5. The maximum Gasteiger partial charge on any atom is 0.414 e. The van der Waals surface area contributed by atoms with Crippen LogP contribution in [0.3, 0.4) is 0 Å². The highest BCUT2D eigenvalue weighted by molar-refractivity contribution is 6.31. The van der Waals surface area contributed by atoms with Crippen LogP contribution < -0.4 is 9.64 Å². The first-order chi connectivity index (χ1) is 17.0. The van der Waals surface area contributed by atoms with E-state index in [2.05, 4.69) is 4.98 Å². The Kier molecular flexibility index (Phi) is 8.79. The molecule has 0 aliphatic heterocycles.